The highest BCUT2D eigenvalue weighted by Gasteiger charge is 2.00. The SMILES string of the molecule is CCCCCC(=O)Nc1cc[nH]c1. The van der Waals surface area contributed by atoms with Gasteiger partial charge >= 0.3 is 0 Å². The number of H-pyrrole nitrogens is 1. The van der Waals surface area contributed by atoms with Gasteiger partial charge in [0, 0.05) is 18.8 Å². The third-order valence-electron chi connectivity index (χ3n) is 1.89. The van der Waals surface area contributed by atoms with Crippen LogP contribution in [-0.2, 0) is 4.79 Å². The molecule has 0 fully saturated rings. The highest BCUT2D eigenvalue weighted by molar-refractivity contribution is 5.90. The summed E-state index contributed by atoms with van der Waals surface area (Å²) in [5, 5.41) is 2.81. The van der Waals surface area contributed by atoms with Gasteiger partial charge < -0.3 is 10.3 Å². The van der Waals surface area contributed by atoms with E-state index in [1.165, 1.54) is 0 Å². The molecule has 0 aromatic carbocycles. The Kier molecular flexibility index (Phi) is 4.09. The van der Waals surface area contributed by atoms with E-state index in [9.17, 15) is 4.79 Å². The van der Waals surface area contributed by atoms with Crippen LogP contribution in [0, 0.1) is 0 Å². The van der Waals surface area contributed by atoms with Gasteiger partial charge in [0.05, 0.1) is 5.69 Å². The van der Waals surface area contributed by atoms with Crippen molar-refractivity contribution in [1.82, 2.24) is 4.98 Å². The lowest BCUT2D eigenvalue weighted by Gasteiger charge is -2.01. The van der Waals surface area contributed by atoms with Crippen LogP contribution in [0.5, 0.6) is 0 Å². The highest BCUT2D eigenvalue weighted by atomic mass is 16.1. The van der Waals surface area contributed by atoms with Crippen LogP contribution in [0.3, 0.4) is 0 Å². The minimum Gasteiger partial charge on any atom is -0.366 e. The molecule has 0 saturated carbocycles. The normalized spacial score (nSPS) is 9.92. The molecule has 1 amide bonds. The molecule has 0 unspecified atom stereocenters. The number of anilines is 1. The number of unbranched alkanes of at least 4 members (excludes halogenated alkanes) is 2. The number of aromatic amines is 1. The second kappa shape index (κ2) is 5.41. The van der Waals surface area contributed by atoms with Gasteiger partial charge in [-0.05, 0) is 12.5 Å². The Hall–Kier alpha value is -1.25. The Bertz CT molecular complexity index is 241. The van der Waals surface area contributed by atoms with Crippen LogP contribution >= 0.6 is 0 Å². The second-order valence-corrected chi connectivity index (χ2v) is 3.10. The molecule has 1 aromatic rings. The molecule has 72 valence electrons. The smallest absolute Gasteiger partial charge is 0.224 e. The number of amides is 1. The van der Waals surface area contributed by atoms with E-state index in [0.29, 0.717) is 6.42 Å². The zero-order valence-electron chi connectivity index (χ0n) is 7.97. The summed E-state index contributed by atoms with van der Waals surface area (Å²) in [4.78, 5) is 14.1. The van der Waals surface area contributed by atoms with Gasteiger partial charge in [-0.3, -0.25) is 4.79 Å². The van der Waals surface area contributed by atoms with Gasteiger partial charge in [-0.1, -0.05) is 19.8 Å². The van der Waals surface area contributed by atoms with Crippen molar-refractivity contribution in [3.63, 3.8) is 0 Å². The topological polar surface area (TPSA) is 44.9 Å². The summed E-state index contributed by atoms with van der Waals surface area (Å²) in [6.07, 6.45) is 7.45. The number of hydrogen-bond acceptors (Lipinski definition) is 1. The number of hydrogen-bond donors (Lipinski definition) is 2. The molecule has 0 aliphatic heterocycles. The van der Waals surface area contributed by atoms with Crippen molar-refractivity contribution in [3.05, 3.63) is 18.5 Å². The van der Waals surface area contributed by atoms with Crippen LogP contribution in [0.15, 0.2) is 18.5 Å². The maximum atomic E-state index is 11.3. The summed E-state index contributed by atoms with van der Waals surface area (Å²) in [6, 6.07) is 1.84. The number of nitrogens with one attached hydrogen (secondary N) is 2. The lowest BCUT2D eigenvalue weighted by molar-refractivity contribution is -0.116. The van der Waals surface area contributed by atoms with Crippen LogP contribution < -0.4 is 5.32 Å². The average Bonchev–Trinajstić information content (AvgIpc) is 2.57. The van der Waals surface area contributed by atoms with E-state index in [1.54, 1.807) is 12.4 Å². The molecule has 0 atom stereocenters. The molecule has 0 aliphatic rings. The van der Waals surface area contributed by atoms with Gasteiger partial charge in [0.1, 0.15) is 0 Å². The Labute approximate surface area is 78.5 Å². The van der Waals surface area contributed by atoms with Crippen molar-refractivity contribution >= 4 is 11.6 Å². The van der Waals surface area contributed by atoms with E-state index in [1.807, 2.05) is 6.07 Å². The summed E-state index contributed by atoms with van der Waals surface area (Å²) in [5.74, 6) is 0.105. The first kappa shape index (κ1) is 9.84. The number of carbonyl (C=O) groups excluding carboxylic acids is 1. The van der Waals surface area contributed by atoms with Gasteiger partial charge in [0.15, 0.2) is 0 Å². The third-order valence-corrected chi connectivity index (χ3v) is 1.89. The summed E-state index contributed by atoms with van der Waals surface area (Å²) in [5.41, 5.74) is 0.849. The van der Waals surface area contributed by atoms with Crippen molar-refractivity contribution in [2.45, 2.75) is 32.6 Å². The fourth-order valence-electron chi connectivity index (χ4n) is 1.16. The molecule has 2 N–H and O–H groups in total. The van der Waals surface area contributed by atoms with Gasteiger partial charge in [0.2, 0.25) is 5.91 Å². The molecule has 0 aliphatic carbocycles. The van der Waals surface area contributed by atoms with Gasteiger partial charge in [-0.25, -0.2) is 0 Å². The molecular formula is C10H16N2O. The van der Waals surface area contributed by atoms with Crippen LogP contribution in [-0.4, -0.2) is 10.9 Å². The van der Waals surface area contributed by atoms with Gasteiger partial charge in [-0.2, -0.15) is 0 Å². The first-order valence-electron chi connectivity index (χ1n) is 4.75. The van der Waals surface area contributed by atoms with Crippen molar-refractivity contribution in [2.24, 2.45) is 0 Å². The first-order valence-corrected chi connectivity index (χ1v) is 4.75. The number of carbonyl (C=O) groups is 1. The molecule has 13 heavy (non-hydrogen) atoms. The average molecular weight is 180 g/mol. The molecule has 0 spiro atoms. The van der Waals surface area contributed by atoms with E-state index < -0.39 is 0 Å². The third kappa shape index (κ3) is 3.78. The summed E-state index contributed by atoms with van der Waals surface area (Å²) >= 11 is 0. The fraction of sp³-hybridized carbons (Fsp3) is 0.500. The molecule has 0 saturated heterocycles. The summed E-state index contributed by atoms with van der Waals surface area (Å²) in [7, 11) is 0. The molecule has 1 aromatic heterocycles. The predicted molar refractivity (Wildman–Crippen MR) is 53.6 cm³/mol. The van der Waals surface area contributed by atoms with Gasteiger partial charge in [0.25, 0.3) is 0 Å². The Morgan fingerprint density at radius 2 is 2.38 bits per heavy atom. The monoisotopic (exact) mass is 180 g/mol. The summed E-state index contributed by atoms with van der Waals surface area (Å²) < 4.78 is 0. The number of aromatic nitrogens is 1. The lowest BCUT2D eigenvalue weighted by Crippen LogP contribution is -2.10. The minimum atomic E-state index is 0.105. The molecular weight excluding hydrogens is 164 g/mol. The lowest BCUT2D eigenvalue weighted by atomic mass is 10.2. The van der Waals surface area contributed by atoms with E-state index in [0.717, 1.165) is 24.9 Å². The van der Waals surface area contributed by atoms with Crippen molar-refractivity contribution < 1.29 is 4.79 Å². The quantitative estimate of drug-likeness (QED) is 0.672. The van der Waals surface area contributed by atoms with E-state index in [4.69, 9.17) is 0 Å². The molecule has 3 heteroatoms. The standard InChI is InChI=1S/C10H16N2O/c1-2-3-4-5-10(13)12-9-6-7-11-8-9/h6-8,11H,2-5H2,1H3,(H,12,13). The van der Waals surface area contributed by atoms with E-state index in [2.05, 4.69) is 17.2 Å². The Morgan fingerprint density at radius 1 is 1.54 bits per heavy atom. The fourth-order valence-corrected chi connectivity index (χ4v) is 1.16. The maximum Gasteiger partial charge on any atom is 0.224 e. The molecule has 3 nitrogen and oxygen atoms in total. The van der Waals surface area contributed by atoms with E-state index in [-0.39, 0.29) is 5.91 Å². The zero-order chi connectivity index (χ0) is 9.52. The predicted octanol–water partition coefficient (Wildman–Crippen LogP) is 2.53. The summed E-state index contributed by atoms with van der Waals surface area (Å²) in [6.45, 7) is 2.13. The van der Waals surface area contributed by atoms with Crippen LogP contribution in [0.1, 0.15) is 32.6 Å². The molecule has 0 radical (unpaired) electrons. The molecule has 1 rings (SSSR count). The highest BCUT2D eigenvalue weighted by Crippen LogP contribution is 2.06. The number of rotatable bonds is 5. The van der Waals surface area contributed by atoms with Crippen molar-refractivity contribution in [1.29, 1.82) is 0 Å². The first-order chi connectivity index (χ1) is 6.33. The van der Waals surface area contributed by atoms with Crippen LogP contribution in [0.2, 0.25) is 0 Å². The second-order valence-electron chi connectivity index (χ2n) is 3.10. The largest absolute Gasteiger partial charge is 0.366 e. The molecule has 1 heterocycles. The minimum absolute atomic E-state index is 0.105. The van der Waals surface area contributed by atoms with Crippen molar-refractivity contribution in [3.8, 4) is 0 Å². The van der Waals surface area contributed by atoms with Crippen molar-refractivity contribution in [2.75, 3.05) is 5.32 Å². The van der Waals surface area contributed by atoms with Crippen LogP contribution in [0.4, 0.5) is 5.69 Å². The Balaban J connectivity index is 2.18. The molecule has 0 bridgehead atoms. The van der Waals surface area contributed by atoms with E-state index >= 15 is 0 Å². The van der Waals surface area contributed by atoms with Crippen LogP contribution in [0.25, 0.3) is 0 Å². The zero-order valence-corrected chi connectivity index (χ0v) is 7.97. The maximum absolute atomic E-state index is 11.3. The van der Waals surface area contributed by atoms with Gasteiger partial charge in [-0.15, -0.1) is 0 Å². The Morgan fingerprint density at radius 3 is 3.00 bits per heavy atom.